The lowest BCUT2D eigenvalue weighted by atomic mass is 10.1. The lowest BCUT2D eigenvalue weighted by Gasteiger charge is -2.23. The van der Waals surface area contributed by atoms with E-state index in [9.17, 15) is 8.42 Å². The summed E-state index contributed by atoms with van der Waals surface area (Å²) in [6.45, 7) is 4.70. The molecule has 114 valence electrons. The largest absolute Gasteiger partial charge is 0.377 e. The molecule has 0 fully saturated rings. The summed E-state index contributed by atoms with van der Waals surface area (Å²) in [5.74, 6) is -0.0212. The van der Waals surface area contributed by atoms with Gasteiger partial charge in [-0.2, -0.15) is 0 Å². The fourth-order valence-electron chi connectivity index (χ4n) is 1.58. The lowest BCUT2D eigenvalue weighted by Crippen LogP contribution is -2.40. The van der Waals surface area contributed by atoms with Crippen LogP contribution in [0.2, 0.25) is 0 Å². The van der Waals surface area contributed by atoms with Gasteiger partial charge in [0.25, 0.3) is 0 Å². The molecule has 0 amide bonds. The third kappa shape index (κ3) is 6.00. The highest BCUT2D eigenvalue weighted by Gasteiger charge is 2.20. The molecule has 0 aliphatic heterocycles. The summed E-state index contributed by atoms with van der Waals surface area (Å²) in [7, 11) is 0.0904. The first-order chi connectivity index (χ1) is 9.28. The van der Waals surface area contributed by atoms with Crippen molar-refractivity contribution in [3.63, 3.8) is 0 Å². The molecule has 1 aromatic rings. The first-order valence-electron chi connectivity index (χ1n) is 6.53. The quantitative estimate of drug-likeness (QED) is 0.758. The molecule has 0 aromatic heterocycles. The molecule has 0 aliphatic rings. The van der Waals surface area contributed by atoms with E-state index >= 15 is 0 Å². The number of nitrogens with one attached hydrogen (secondary N) is 2. The van der Waals surface area contributed by atoms with Crippen molar-refractivity contribution in [1.29, 1.82) is 0 Å². The zero-order chi connectivity index (χ0) is 15.2. The molecule has 0 spiro atoms. The Kier molecular flexibility index (Phi) is 6.13. The molecule has 0 radical (unpaired) electrons. The highest BCUT2D eigenvalue weighted by atomic mass is 32.2. The predicted octanol–water partition coefficient (Wildman–Crippen LogP) is 1.25. The van der Waals surface area contributed by atoms with Gasteiger partial charge in [0.15, 0.2) is 0 Å². The number of benzene rings is 1. The van der Waals surface area contributed by atoms with Crippen molar-refractivity contribution in [2.45, 2.75) is 31.7 Å². The maximum Gasteiger partial charge on any atom is 0.215 e. The van der Waals surface area contributed by atoms with E-state index in [0.717, 1.165) is 17.7 Å². The van der Waals surface area contributed by atoms with Gasteiger partial charge in [0, 0.05) is 20.2 Å². The number of hydrogen-bond acceptors (Lipinski definition) is 4. The highest BCUT2D eigenvalue weighted by molar-refractivity contribution is 7.88. The molecular formula is C14H24N2O3S. The summed E-state index contributed by atoms with van der Waals surface area (Å²) < 4.78 is 31.8. The van der Waals surface area contributed by atoms with E-state index in [1.807, 2.05) is 45.2 Å². The van der Waals surface area contributed by atoms with E-state index in [1.54, 1.807) is 7.11 Å². The third-order valence-corrected chi connectivity index (χ3v) is 4.33. The SMILES string of the molecule is CNCc1ccc(CS(=O)(=O)NCC(C)(C)OC)cc1. The Hall–Kier alpha value is -0.950. The smallest absolute Gasteiger partial charge is 0.215 e. The first-order valence-corrected chi connectivity index (χ1v) is 8.18. The summed E-state index contributed by atoms with van der Waals surface area (Å²) in [6, 6.07) is 7.54. The first kappa shape index (κ1) is 17.1. The highest BCUT2D eigenvalue weighted by Crippen LogP contribution is 2.10. The molecular weight excluding hydrogens is 276 g/mol. The van der Waals surface area contributed by atoms with Crippen LogP contribution in [0.1, 0.15) is 25.0 Å². The molecule has 0 saturated carbocycles. The van der Waals surface area contributed by atoms with Gasteiger partial charge in [-0.3, -0.25) is 0 Å². The minimum absolute atomic E-state index is 0.0212. The van der Waals surface area contributed by atoms with Crippen LogP contribution in [-0.2, 0) is 27.1 Å². The van der Waals surface area contributed by atoms with Gasteiger partial charge >= 0.3 is 0 Å². The van der Waals surface area contributed by atoms with Gasteiger partial charge in [0.2, 0.25) is 10.0 Å². The topological polar surface area (TPSA) is 67.4 Å². The van der Waals surface area contributed by atoms with Crippen LogP contribution in [0, 0.1) is 0 Å². The zero-order valence-corrected chi connectivity index (χ0v) is 13.4. The molecule has 0 saturated heterocycles. The van der Waals surface area contributed by atoms with Crippen LogP contribution in [-0.4, -0.2) is 34.7 Å². The van der Waals surface area contributed by atoms with Gasteiger partial charge in [0.1, 0.15) is 0 Å². The van der Waals surface area contributed by atoms with Crippen molar-refractivity contribution in [3.8, 4) is 0 Å². The normalized spacial score (nSPS) is 12.6. The third-order valence-electron chi connectivity index (χ3n) is 3.03. The monoisotopic (exact) mass is 300 g/mol. The molecule has 20 heavy (non-hydrogen) atoms. The summed E-state index contributed by atoms with van der Waals surface area (Å²) in [5, 5.41) is 3.05. The van der Waals surface area contributed by atoms with Crippen LogP contribution < -0.4 is 10.0 Å². The Morgan fingerprint density at radius 3 is 2.20 bits per heavy atom. The van der Waals surface area contributed by atoms with Gasteiger partial charge in [-0.1, -0.05) is 24.3 Å². The molecule has 0 heterocycles. The van der Waals surface area contributed by atoms with Crippen molar-refractivity contribution >= 4 is 10.0 Å². The van der Waals surface area contributed by atoms with Crippen LogP contribution >= 0.6 is 0 Å². The number of sulfonamides is 1. The predicted molar refractivity (Wildman–Crippen MR) is 80.9 cm³/mol. The van der Waals surface area contributed by atoms with Crippen LogP contribution in [0.4, 0.5) is 0 Å². The van der Waals surface area contributed by atoms with E-state index in [-0.39, 0.29) is 12.3 Å². The minimum atomic E-state index is -3.35. The summed E-state index contributed by atoms with van der Waals surface area (Å²) in [5.41, 5.74) is 1.39. The van der Waals surface area contributed by atoms with E-state index in [1.165, 1.54) is 0 Å². The second-order valence-corrected chi connectivity index (χ2v) is 7.20. The Labute approximate surface area is 121 Å². The maximum atomic E-state index is 12.0. The number of rotatable bonds is 8. The van der Waals surface area contributed by atoms with Crippen molar-refractivity contribution in [2.75, 3.05) is 20.7 Å². The molecule has 0 unspecified atom stereocenters. The van der Waals surface area contributed by atoms with Gasteiger partial charge in [-0.05, 0) is 32.0 Å². The minimum Gasteiger partial charge on any atom is -0.377 e. The molecule has 6 heteroatoms. The van der Waals surface area contributed by atoms with E-state index < -0.39 is 15.6 Å². The maximum absolute atomic E-state index is 12.0. The Bertz CT molecular complexity index is 510. The van der Waals surface area contributed by atoms with Gasteiger partial charge in [-0.25, -0.2) is 13.1 Å². The van der Waals surface area contributed by atoms with Gasteiger partial charge in [-0.15, -0.1) is 0 Å². The molecule has 5 nitrogen and oxygen atoms in total. The summed E-state index contributed by atoms with van der Waals surface area (Å²) in [6.07, 6.45) is 0. The summed E-state index contributed by atoms with van der Waals surface area (Å²) in [4.78, 5) is 0. The van der Waals surface area contributed by atoms with Gasteiger partial charge < -0.3 is 10.1 Å². The molecule has 0 bridgehead atoms. The number of ether oxygens (including phenoxy) is 1. The van der Waals surface area contributed by atoms with Crippen LogP contribution in [0.5, 0.6) is 0 Å². The molecule has 0 atom stereocenters. The van der Waals surface area contributed by atoms with Crippen LogP contribution in [0.15, 0.2) is 24.3 Å². The number of methoxy groups -OCH3 is 1. The number of hydrogen-bond donors (Lipinski definition) is 2. The second-order valence-electron chi connectivity index (χ2n) is 5.39. The average molecular weight is 300 g/mol. The van der Waals surface area contributed by atoms with Crippen molar-refractivity contribution in [2.24, 2.45) is 0 Å². The fourth-order valence-corrected chi connectivity index (χ4v) is 2.88. The van der Waals surface area contributed by atoms with Crippen molar-refractivity contribution < 1.29 is 13.2 Å². The zero-order valence-electron chi connectivity index (χ0n) is 12.6. The fraction of sp³-hybridized carbons (Fsp3) is 0.571. The Balaban J connectivity index is 2.62. The van der Waals surface area contributed by atoms with Crippen molar-refractivity contribution in [1.82, 2.24) is 10.0 Å². The summed E-state index contributed by atoms with van der Waals surface area (Å²) >= 11 is 0. The molecule has 0 aliphatic carbocycles. The lowest BCUT2D eigenvalue weighted by molar-refractivity contribution is 0.0276. The Morgan fingerprint density at radius 2 is 1.70 bits per heavy atom. The van der Waals surface area contributed by atoms with Crippen LogP contribution in [0.25, 0.3) is 0 Å². The second kappa shape index (κ2) is 7.17. The Morgan fingerprint density at radius 1 is 1.15 bits per heavy atom. The van der Waals surface area contributed by atoms with E-state index in [4.69, 9.17) is 4.74 Å². The van der Waals surface area contributed by atoms with E-state index in [2.05, 4.69) is 10.0 Å². The molecule has 2 N–H and O–H groups in total. The standard InChI is InChI=1S/C14H24N2O3S/c1-14(2,19-4)11-16-20(17,18)10-13-7-5-12(6-8-13)9-15-3/h5-8,15-16H,9-11H2,1-4H3. The molecule has 1 rings (SSSR count). The van der Waals surface area contributed by atoms with Crippen LogP contribution in [0.3, 0.4) is 0 Å². The van der Waals surface area contributed by atoms with E-state index in [0.29, 0.717) is 0 Å². The van der Waals surface area contributed by atoms with Gasteiger partial charge in [0.05, 0.1) is 11.4 Å². The molecule has 1 aromatic carbocycles. The van der Waals surface area contributed by atoms with Crippen molar-refractivity contribution in [3.05, 3.63) is 35.4 Å². The average Bonchev–Trinajstić information content (AvgIpc) is 2.39.